The summed E-state index contributed by atoms with van der Waals surface area (Å²) in [5.74, 6) is 0. The largest absolute Gasteiger partial charge is 0.387 e. The molecule has 0 aromatic heterocycles. The molecule has 0 aromatic carbocycles. The fourth-order valence-electron chi connectivity index (χ4n) is 0.733. The number of hydrogen-bond acceptors (Lipinski definition) is 2. The molecule has 0 spiro atoms. The molecule has 0 saturated carbocycles. The number of allylic oxidation sites excluding steroid dienone is 1. The van der Waals surface area contributed by atoms with Crippen LogP contribution >= 0.6 is 0 Å². The zero-order valence-corrected chi connectivity index (χ0v) is 7.46. The van der Waals surface area contributed by atoms with Crippen LogP contribution in [0.5, 0.6) is 0 Å². The van der Waals surface area contributed by atoms with Crippen molar-refractivity contribution in [3.8, 4) is 0 Å². The lowest BCUT2D eigenvalue weighted by Crippen LogP contribution is -2.29. The molecule has 11 heavy (non-hydrogen) atoms. The van der Waals surface area contributed by atoms with Crippen LogP contribution in [0.2, 0.25) is 0 Å². The van der Waals surface area contributed by atoms with Crippen LogP contribution in [0, 0.1) is 0 Å². The Hall–Kier alpha value is -0.340. The highest BCUT2D eigenvalue weighted by atomic mass is 16.3. The second-order valence-corrected chi connectivity index (χ2v) is 2.92. The number of rotatable bonds is 5. The summed E-state index contributed by atoms with van der Waals surface area (Å²) in [4.78, 5) is 0. The Labute approximate surface area is 69.1 Å². The molecular weight excluding hydrogens is 138 g/mol. The maximum absolute atomic E-state index is 9.21. The van der Waals surface area contributed by atoms with E-state index < -0.39 is 6.10 Å². The van der Waals surface area contributed by atoms with Crippen molar-refractivity contribution in [1.29, 1.82) is 0 Å². The number of nitrogens with two attached hydrogens (primary N) is 1. The molecule has 0 amide bonds. The van der Waals surface area contributed by atoms with Gasteiger partial charge in [0.25, 0.3) is 0 Å². The topological polar surface area (TPSA) is 46.2 Å². The van der Waals surface area contributed by atoms with Gasteiger partial charge < -0.3 is 10.8 Å². The van der Waals surface area contributed by atoms with E-state index in [4.69, 9.17) is 5.73 Å². The molecule has 0 fully saturated rings. The molecule has 0 aliphatic rings. The lowest BCUT2D eigenvalue weighted by Gasteiger charge is -2.08. The average molecular weight is 157 g/mol. The van der Waals surface area contributed by atoms with Gasteiger partial charge in [-0.1, -0.05) is 31.9 Å². The van der Waals surface area contributed by atoms with Crippen molar-refractivity contribution in [1.82, 2.24) is 0 Å². The SMILES string of the molecule is CCCC/C=C/[C@@H](O)[C@H](C)N. The van der Waals surface area contributed by atoms with Crippen LogP contribution in [-0.2, 0) is 0 Å². The standard InChI is InChI=1S/C9H19NO/c1-3-4-5-6-7-9(11)8(2)10/h6-9,11H,3-5,10H2,1-2H3/b7-6+/t8-,9+/m0/s1. The van der Waals surface area contributed by atoms with Crippen LogP contribution in [0.4, 0.5) is 0 Å². The van der Waals surface area contributed by atoms with E-state index in [1.807, 2.05) is 6.08 Å². The predicted octanol–water partition coefficient (Wildman–Crippen LogP) is 1.44. The van der Waals surface area contributed by atoms with Gasteiger partial charge in [0.15, 0.2) is 0 Å². The number of hydrogen-bond donors (Lipinski definition) is 2. The van der Waals surface area contributed by atoms with Crippen LogP contribution in [0.3, 0.4) is 0 Å². The highest BCUT2D eigenvalue weighted by molar-refractivity contribution is 4.92. The van der Waals surface area contributed by atoms with Crippen LogP contribution < -0.4 is 5.73 Å². The number of unbranched alkanes of at least 4 members (excludes halogenated alkanes) is 2. The van der Waals surface area contributed by atoms with Crippen molar-refractivity contribution >= 4 is 0 Å². The van der Waals surface area contributed by atoms with Gasteiger partial charge in [-0.15, -0.1) is 0 Å². The molecule has 2 atom stereocenters. The van der Waals surface area contributed by atoms with Gasteiger partial charge in [-0.05, 0) is 13.3 Å². The van der Waals surface area contributed by atoms with Crippen LogP contribution in [0.1, 0.15) is 33.1 Å². The first-order valence-corrected chi connectivity index (χ1v) is 4.28. The molecule has 0 aromatic rings. The summed E-state index contributed by atoms with van der Waals surface area (Å²) in [5.41, 5.74) is 5.45. The van der Waals surface area contributed by atoms with E-state index in [1.165, 1.54) is 12.8 Å². The summed E-state index contributed by atoms with van der Waals surface area (Å²) in [6, 6.07) is -0.159. The van der Waals surface area contributed by atoms with Crippen molar-refractivity contribution in [2.45, 2.75) is 45.3 Å². The Morgan fingerprint density at radius 2 is 2.18 bits per heavy atom. The highest BCUT2D eigenvalue weighted by Crippen LogP contribution is 1.97. The monoisotopic (exact) mass is 157 g/mol. The second kappa shape index (κ2) is 6.38. The summed E-state index contributed by atoms with van der Waals surface area (Å²) in [7, 11) is 0. The molecule has 0 aliphatic heterocycles. The molecule has 0 bridgehead atoms. The first-order chi connectivity index (χ1) is 5.18. The molecule has 0 rings (SSSR count). The fourth-order valence-corrected chi connectivity index (χ4v) is 0.733. The van der Waals surface area contributed by atoms with Gasteiger partial charge in [-0.2, -0.15) is 0 Å². The molecule has 0 aliphatic carbocycles. The molecule has 0 unspecified atom stereocenters. The van der Waals surface area contributed by atoms with E-state index in [0.717, 1.165) is 6.42 Å². The molecule has 66 valence electrons. The smallest absolute Gasteiger partial charge is 0.0869 e. The first-order valence-electron chi connectivity index (χ1n) is 4.28. The van der Waals surface area contributed by atoms with Crippen molar-refractivity contribution in [2.24, 2.45) is 5.73 Å². The quantitative estimate of drug-likeness (QED) is 0.468. The molecule has 2 heteroatoms. The Bertz CT molecular complexity index is 110. The van der Waals surface area contributed by atoms with Crippen molar-refractivity contribution in [3.05, 3.63) is 12.2 Å². The molecule has 0 radical (unpaired) electrons. The lowest BCUT2D eigenvalue weighted by atomic mass is 10.1. The maximum Gasteiger partial charge on any atom is 0.0869 e. The molecular formula is C9H19NO. The summed E-state index contributed by atoms with van der Waals surface area (Å²) < 4.78 is 0. The fraction of sp³-hybridized carbons (Fsp3) is 0.778. The molecule has 2 nitrogen and oxygen atoms in total. The average Bonchev–Trinajstić information content (AvgIpc) is 1.97. The third-order valence-corrected chi connectivity index (χ3v) is 1.60. The van der Waals surface area contributed by atoms with Gasteiger partial charge >= 0.3 is 0 Å². The maximum atomic E-state index is 9.21. The minimum absolute atomic E-state index is 0.159. The predicted molar refractivity (Wildman–Crippen MR) is 48.3 cm³/mol. The van der Waals surface area contributed by atoms with Gasteiger partial charge in [0.05, 0.1) is 6.10 Å². The normalized spacial score (nSPS) is 17.1. The van der Waals surface area contributed by atoms with E-state index in [2.05, 4.69) is 6.92 Å². The van der Waals surface area contributed by atoms with E-state index >= 15 is 0 Å². The summed E-state index contributed by atoms with van der Waals surface area (Å²) in [6.45, 7) is 3.95. The van der Waals surface area contributed by atoms with Gasteiger partial charge in [-0.3, -0.25) is 0 Å². The molecule has 3 N–H and O–H groups in total. The second-order valence-electron chi connectivity index (χ2n) is 2.92. The third kappa shape index (κ3) is 6.07. The van der Waals surface area contributed by atoms with E-state index in [1.54, 1.807) is 13.0 Å². The van der Waals surface area contributed by atoms with Crippen LogP contribution in [0.25, 0.3) is 0 Å². The minimum Gasteiger partial charge on any atom is -0.387 e. The van der Waals surface area contributed by atoms with E-state index in [9.17, 15) is 5.11 Å². The van der Waals surface area contributed by atoms with Gasteiger partial charge in [0.1, 0.15) is 0 Å². The molecule has 0 heterocycles. The highest BCUT2D eigenvalue weighted by Gasteiger charge is 2.02. The number of aliphatic hydroxyl groups is 1. The zero-order valence-electron chi connectivity index (χ0n) is 7.46. The van der Waals surface area contributed by atoms with Crippen molar-refractivity contribution < 1.29 is 5.11 Å². The van der Waals surface area contributed by atoms with Gasteiger partial charge in [-0.25, -0.2) is 0 Å². The van der Waals surface area contributed by atoms with E-state index in [0.29, 0.717) is 0 Å². The Morgan fingerprint density at radius 3 is 2.64 bits per heavy atom. The third-order valence-electron chi connectivity index (χ3n) is 1.60. The van der Waals surface area contributed by atoms with Crippen molar-refractivity contribution in [3.63, 3.8) is 0 Å². The Balaban J connectivity index is 3.40. The summed E-state index contributed by atoms with van der Waals surface area (Å²) in [6.07, 6.45) is 6.71. The Kier molecular flexibility index (Phi) is 6.18. The number of aliphatic hydroxyl groups excluding tert-OH is 1. The van der Waals surface area contributed by atoms with Gasteiger partial charge in [0, 0.05) is 6.04 Å². The van der Waals surface area contributed by atoms with Crippen molar-refractivity contribution in [2.75, 3.05) is 0 Å². The zero-order chi connectivity index (χ0) is 8.69. The summed E-state index contributed by atoms with van der Waals surface area (Å²) >= 11 is 0. The summed E-state index contributed by atoms with van der Waals surface area (Å²) in [5, 5.41) is 9.21. The minimum atomic E-state index is -0.480. The van der Waals surface area contributed by atoms with Gasteiger partial charge in [0.2, 0.25) is 0 Å². The molecule has 0 saturated heterocycles. The van der Waals surface area contributed by atoms with Crippen LogP contribution in [0.15, 0.2) is 12.2 Å². The van der Waals surface area contributed by atoms with Crippen LogP contribution in [-0.4, -0.2) is 17.3 Å². The lowest BCUT2D eigenvalue weighted by molar-refractivity contribution is 0.198. The Morgan fingerprint density at radius 1 is 1.55 bits per heavy atom. The van der Waals surface area contributed by atoms with E-state index in [-0.39, 0.29) is 6.04 Å². The first kappa shape index (κ1) is 10.7.